The van der Waals surface area contributed by atoms with Crippen molar-refractivity contribution in [1.82, 2.24) is 0 Å². The minimum atomic E-state index is -1.26. The number of aliphatic hydroxyl groups excluding tert-OH is 1. The molecule has 48 heavy (non-hydrogen) atoms. The smallest absolute Gasteiger partial charge is 0.184 e. The highest BCUT2D eigenvalue weighted by Gasteiger charge is 2.48. The van der Waals surface area contributed by atoms with Crippen LogP contribution in [-0.4, -0.2) is 60.9 Å². The van der Waals surface area contributed by atoms with Gasteiger partial charge in [0.1, 0.15) is 24.4 Å². The molecule has 1 N–H and O–H groups in total. The molecular formula is C40H46O8. The number of aliphatic hydroxyl groups is 1. The second-order valence-corrected chi connectivity index (χ2v) is 12.4. The highest BCUT2D eigenvalue weighted by Crippen LogP contribution is 2.31. The summed E-state index contributed by atoms with van der Waals surface area (Å²) in [5, 5.41) is 11.4. The van der Waals surface area contributed by atoms with E-state index in [0.29, 0.717) is 26.2 Å². The Morgan fingerprint density at radius 1 is 0.521 bits per heavy atom. The third-order valence-corrected chi connectivity index (χ3v) is 8.80. The minimum Gasteiger partial charge on any atom is -0.371 e. The van der Waals surface area contributed by atoms with Crippen molar-refractivity contribution in [2.24, 2.45) is 0 Å². The van der Waals surface area contributed by atoms with Crippen LogP contribution < -0.4 is 0 Å². The van der Waals surface area contributed by atoms with E-state index in [1.54, 1.807) is 0 Å². The number of ether oxygens (including phenoxy) is 7. The largest absolute Gasteiger partial charge is 0.371 e. The summed E-state index contributed by atoms with van der Waals surface area (Å²) >= 11 is 0. The van der Waals surface area contributed by atoms with Gasteiger partial charge >= 0.3 is 0 Å². The first kappa shape index (κ1) is 34.4. The van der Waals surface area contributed by atoms with Gasteiger partial charge in [-0.25, -0.2) is 0 Å². The van der Waals surface area contributed by atoms with E-state index >= 15 is 0 Å². The monoisotopic (exact) mass is 654 g/mol. The maximum absolute atomic E-state index is 11.4. The van der Waals surface area contributed by atoms with Crippen molar-refractivity contribution in [3.05, 3.63) is 144 Å². The summed E-state index contributed by atoms with van der Waals surface area (Å²) in [4.78, 5) is 0. The van der Waals surface area contributed by atoms with Gasteiger partial charge in [0.05, 0.1) is 45.2 Å². The predicted molar refractivity (Wildman–Crippen MR) is 180 cm³/mol. The molecule has 0 aliphatic carbocycles. The lowest BCUT2D eigenvalue weighted by Gasteiger charge is -2.45. The van der Waals surface area contributed by atoms with Gasteiger partial charge in [-0.15, -0.1) is 0 Å². The van der Waals surface area contributed by atoms with Crippen LogP contribution in [0.4, 0.5) is 0 Å². The number of rotatable bonds is 15. The lowest BCUT2D eigenvalue weighted by molar-refractivity contribution is -0.325. The van der Waals surface area contributed by atoms with Gasteiger partial charge in [0.2, 0.25) is 0 Å². The van der Waals surface area contributed by atoms with Crippen LogP contribution in [0.1, 0.15) is 42.0 Å². The SMILES string of the molecule is C[C@@H]1OC(OC[C@H]2O[C@H](O)[C@H](OCc3ccccc3)[C@@H](OCc3ccccc3)[C@@H]2OCc2ccccc2)CC[C@@H]1OCc1ccccc1. The fourth-order valence-electron chi connectivity index (χ4n) is 6.15. The number of hydrogen-bond donors (Lipinski definition) is 1. The third kappa shape index (κ3) is 9.81. The van der Waals surface area contributed by atoms with Gasteiger partial charge in [0.25, 0.3) is 0 Å². The summed E-state index contributed by atoms with van der Waals surface area (Å²) in [6.45, 7) is 3.62. The summed E-state index contributed by atoms with van der Waals surface area (Å²) in [6, 6.07) is 39.9. The molecular weight excluding hydrogens is 608 g/mol. The predicted octanol–water partition coefficient (Wildman–Crippen LogP) is 6.59. The molecule has 0 spiro atoms. The van der Waals surface area contributed by atoms with Crippen molar-refractivity contribution in [3.63, 3.8) is 0 Å². The zero-order valence-electron chi connectivity index (χ0n) is 27.4. The molecule has 1 unspecified atom stereocenters. The van der Waals surface area contributed by atoms with Crippen molar-refractivity contribution >= 4 is 0 Å². The van der Waals surface area contributed by atoms with Crippen LogP contribution in [0.15, 0.2) is 121 Å². The molecule has 0 amide bonds. The van der Waals surface area contributed by atoms with Crippen LogP contribution in [0.25, 0.3) is 0 Å². The van der Waals surface area contributed by atoms with E-state index in [-0.39, 0.29) is 25.4 Å². The second-order valence-electron chi connectivity index (χ2n) is 12.4. The molecule has 0 radical (unpaired) electrons. The molecule has 4 aromatic rings. The fourth-order valence-corrected chi connectivity index (χ4v) is 6.15. The minimum absolute atomic E-state index is 0.0296. The lowest BCUT2D eigenvalue weighted by atomic mass is 9.98. The maximum atomic E-state index is 11.4. The normalized spacial score (nSPS) is 27.5. The Kier molecular flexibility index (Phi) is 12.8. The van der Waals surface area contributed by atoms with E-state index in [9.17, 15) is 5.11 Å². The van der Waals surface area contributed by atoms with Crippen molar-refractivity contribution < 1.29 is 38.3 Å². The Bertz CT molecular complexity index is 1460. The summed E-state index contributed by atoms with van der Waals surface area (Å²) in [6.07, 6.45) is -3.12. The van der Waals surface area contributed by atoms with Crippen LogP contribution in [-0.2, 0) is 59.6 Å². The van der Waals surface area contributed by atoms with Gasteiger partial charge in [0, 0.05) is 6.42 Å². The summed E-state index contributed by atoms with van der Waals surface area (Å²) in [5.74, 6) is 0. The van der Waals surface area contributed by atoms with Crippen molar-refractivity contribution in [3.8, 4) is 0 Å². The summed E-state index contributed by atoms with van der Waals surface area (Å²) < 4.78 is 44.4. The van der Waals surface area contributed by atoms with Gasteiger partial charge in [-0.05, 0) is 35.6 Å². The van der Waals surface area contributed by atoms with E-state index in [0.717, 1.165) is 28.7 Å². The topological polar surface area (TPSA) is 84.8 Å². The van der Waals surface area contributed by atoms with E-state index in [4.69, 9.17) is 33.2 Å². The molecule has 0 saturated carbocycles. The molecule has 0 bridgehead atoms. The first-order valence-electron chi connectivity index (χ1n) is 16.8. The number of benzene rings is 4. The Morgan fingerprint density at radius 2 is 0.958 bits per heavy atom. The van der Waals surface area contributed by atoms with Crippen LogP contribution in [0.2, 0.25) is 0 Å². The molecule has 2 fully saturated rings. The highest BCUT2D eigenvalue weighted by atomic mass is 16.7. The van der Waals surface area contributed by atoms with Crippen molar-refractivity contribution in [2.45, 2.75) is 95.4 Å². The van der Waals surface area contributed by atoms with Crippen LogP contribution >= 0.6 is 0 Å². The van der Waals surface area contributed by atoms with Crippen molar-refractivity contribution in [1.29, 1.82) is 0 Å². The van der Waals surface area contributed by atoms with Gasteiger partial charge in [-0.1, -0.05) is 121 Å². The van der Waals surface area contributed by atoms with E-state index in [1.165, 1.54) is 0 Å². The average molecular weight is 655 g/mol. The fraction of sp³-hybridized carbons (Fsp3) is 0.400. The molecule has 6 rings (SSSR count). The third-order valence-electron chi connectivity index (χ3n) is 8.80. The van der Waals surface area contributed by atoms with Gasteiger partial charge in [-0.3, -0.25) is 0 Å². The standard InChI is InChI=1S/C40H46O8/c1-29-34(42-24-30-14-6-2-7-15-30)22-23-36(47-29)43-28-35-37(44-25-31-16-8-3-9-17-31)38(45-26-32-18-10-4-11-19-32)39(40(41)48-35)46-27-33-20-12-5-13-21-33/h2-21,29,34-41H,22-28H2,1H3/t29-,34-,35+,36?,37+,38-,39+,40-/m0/s1. The first-order chi connectivity index (χ1) is 23.6. The molecule has 2 aliphatic rings. The van der Waals surface area contributed by atoms with Gasteiger partial charge in [0.15, 0.2) is 12.6 Å². The Morgan fingerprint density at radius 3 is 1.44 bits per heavy atom. The summed E-state index contributed by atoms with van der Waals surface area (Å²) in [7, 11) is 0. The molecule has 0 aromatic heterocycles. The average Bonchev–Trinajstić information content (AvgIpc) is 3.13. The second kappa shape index (κ2) is 17.8. The number of hydrogen-bond acceptors (Lipinski definition) is 8. The van der Waals surface area contributed by atoms with Crippen LogP contribution in [0.5, 0.6) is 0 Å². The highest BCUT2D eigenvalue weighted by molar-refractivity contribution is 5.16. The van der Waals surface area contributed by atoms with Gasteiger partial charge in [-0.2, -0.15) is 0 Å². The van der Waals surface area contributed by atoms with Gasteiger partial charge < -0.3 is 38.3 Å². The summed E-state index contributed by atoms with van der Waals surface area (Å²) in [5.41, 5.74) is 4.13. The molecule has 2 aliphatic heterocycles. The first-order valence-corrected chi connectivity index (χ1v) is 16.8. The molecule has 8 nitrogen and oxygen atoms in total. The molecule has 2 saturated heterocycles. The van der Waals surface area contributed by atoms with E-state index < -0.39 is 37.0 Å². The maximum Gasteiger partial charge on any atom is 0.184 e. The van der Waals surface area contributed by atoms with E-state index in [2.05, 4.69) is 12.1 Å². The Hall–Kier alpha value is -3.44. The lowest BCUT2D eigenvalue weighted by Crippen LogP contribution is -2.61. The Balaban J connectivity index is 1.14. The van der Waals surface area contributed by atoms with E-state index in [1.807, 2.05) is 116 Å². The molecule has 254 valence electrons. The quantitative estimate of drug-likeness (QED) is 0.154. The van der Waals surface area contributed by atoms with Crippen molar-refractivity contribution in [2.75, 3.05) is 6.61 Å². The Labute approximate surface area is 283 Å². The zero-order valence-corrected chi connectivity index (χ0v) is 27.4. The van der Waals surface area contributed by atoms with Crippen LogP contribution in [0.3, 0.4) is 0 Å². The molecule has 2 heterocycles. The van der Waals surface area contributed by atoms with Crippen LogP contribution in [0, 0.1) is 0 Å². The molecule has 8 atom stereocenters. The molecule has 8 heteroatoms. The zero-order chi connectivity index (χ0) is 33.0. The molecule has 4 aromatic carbocycles.